The Morgan fingerprint density at radius 2 is 1.92 bits per heavy atom. The highest BCUT2D eigenvalue weighted by Gasteiger charge is 1.95. The lowest BCUT2D eigenvalue weighted by Gasteiger charge is -1.96. The summed E-state index contributed by atoms with van der Waals surface area (Å²) in [6.45, 7) is 0. The summed E-state index contributed by atoms with van der Waals surface area (Å²) in [5.41, 5.74) is 0.154. The molecule has 0 atom stereocenters. The summed E-state index contributed by atoms with van der Waals surface area (Å²) in [6, 6.07) is 2.11. The fourth-order valence-electron chi connectivity index (χ4n) is 0.797. The van der Waals surface area contributed by atoms with Gasteiger partial charge in [0, 0.05) is 12.4 Å². The predicted octanol–water partition coefficient (Wildman–Crippen LogP) is 2.14. The molecule has 0 aromatic carbocycles. The van der Waals surface area contributed by atoms with Gasteiger partial charge in [-0.25, -0.2) is 0 Å². The maximum atomic E-state index is 7.69. The zero-order valence-electron chi connectivity index (χ0n) is 11.1. The summed E-state index contributed by atoms with van der Waals surface area (Å²) in [5, 5.41) is 0. The number of pyridine rings is 2. The van der Waals surface area contributed by atoms with E-state index in [1.807, 2.05) is 0 Å². The molecule has 2 heteroatoms. The zero-order valence-corrected chi connectivity index (χ0v) is 6.13. The Labute approximate surface area is 78.0 Å². The zero-order chi connectivity index (χ0) is 12.6. The van der Waals surface area contributed by atoms with E-state index in [-0.39, 0.29) is 41.7 Å². The van der Waals surface area contributed by atoms with E-state index in [4.69, 9.17) is 6.85 Å². The van der Waals surface area contributed by atoms with Crippen LogP contribution in [0.3, 0.4) is 0 Å². The third kappa shape index (κ3) is 1.32. The molecule has 58 valence electrons. The molecular weight excluding hydrogens is 148 g/mol. The SMILES string of the molecule is [2H]c1cccnc1-c1nc([2H])c([2H])c([2H])c1[2H]. The van der Waals surface area contributed by atoms with Crippen molar-refractivity contribution < 1.29 is 6.85 Å². The maximum Gasteiger partial charge on any atom is 0.0886 e. The van der Waals surface area contributed by atoms with Crippen LogP contribution in [0.5, 0.6) is 0 Å². The average molecular weight is 161 g/mol. The smallest absolute Gasteiger partial charge is 0.0886 e. The first-order valence-corrected chi connectivity index (χ1v) is 3.38. The topological polar surface area (TPSA) is 25.8 Å². The average Bonchev–Trinajstić information content (AvgIpc) is 2.32. The van der Waals surface area contributed by atoms with Crippen molar-refractivity contribution in [2.75, 3.05) is 0 Å². The van der Waals surface area contributed by atoms with Crippen LogP contribution in [0.25, 0.3) is 11.4 Å². The van der Waals surface area contributed by atoms with E-state index in [2.05, 4.69) is 9.97 Å². The Hall–Kier alpha value is -1.70. The normalized spacial score (nSPS) is 15.5. The van der Waals surface area contributed by atoms with Crippen molar-refractivity contribution in [3.05, 3.63) is 48.7 Å². The van der Waals surface area contributed by atoms with Gasteiger partial charge < -0.3 is 0 Å². The lowest BCUT2D eigenvalue weighted by Crippen LogP contribution is -1.83. The molecule has 2 heterocycles. The van der Waals surface area contributed by atoms with Crippen LogP contribution in [0.2, 0.25) is 0 Å². The van der Waals surface area contributed by atoms with Gasteiger partial charge in [0.2, 0.25) is 0 Å². The summed E-state index contributed by atoms with van der Waals surface area (Å²) in [6.07, 6.45) is 1.07. The lowest BCUT2D eigenvalue weighted by molar-refractivity contribution is 1.25. The Morgan fingerprint density at radius 3 is 2.83 bits per heavy atom. The standard InChI is InChI=1S/C10H8N2/c1-3-7-11-9(5-1)10-6-2-4-8-12-10/h1-8H/i1D,3D,5D,6D,7D. The molecular formula is C10H8N2. The fraction of sp³-hybridized carbons (Fsp3) is 0. The monoisotopic (exact) mass is 161 g/mol. The summed E-state index contributed by atoms with van der Waals surface area (Å²) < 4.78 is 37.7. The molecule has 0 aliphatic carbocycles. The fourth-order valence-corrected chi connectivity index (χ4v) is 0.797. The van der Waals surface area contributed by atoms with Gasteiger partial charge in [0.1, 0.15) is 0 Å². The van der Waals surface area contributed by atoms with E-state index >= 15 is 0 Å². The summed E-state index contributed by atoms with van der Waals surface area (Å²) in [7, 11) is 0. The Balaban J connectivity index is 2.73. The molecule has 12 heavy (non-hydrogen) atoms. The minimum absolute atomic E-state index is 0.00148. The molecule has 0 aliphatic heterocycles. The van der Waals surface area contributed by atoms with Crippen LogP contribution in [-0.4, -0.2) is 9.97 Å². The van der Waals surface area contributed by atoms with Gasteiger partial charge >= 0.3 is 0 Å². The molecule has 0 bridgehead atoms. The van der Waals surface area contributed by atoms with Crippen LogP contribution in [0.15, 0.2) is 48.7 Å². The quantitative estimate of drug-likeness (QED) is 0.640. The van der Waals surface area contributed by atoms with E-state index in [0.717, 1.165) is 0 Å². The molecule has 0 fully saturated rings. The van der Waals surface area contributed by atoms with Crippen LogP contribution < -0.4 is 0 Å². The molecule has 0 amide bonds. The van der Waals surface area contributed by atoms with E-state index in [9.17, 15) is 0 Å². The third-order valence-electron chi connectivity index (χ3n) is 1.30. The molecule has 2 aromatic rings. The first-order chi connectivity index (χ1) is 8.02. The first-order valence-electron chi connectivity index (χ1n) is 5.88. The van der Waals surface area contributed by atoms with Gasteiger partial charge in [0.15, 0.2) is 0 Å². The van der Waals surface area contributed by atoms with Gasteiger partial charge in [-0.2, -0.15) is 0 Å². The van der Waals surface area contributed by atoms with Gasteiger partial charge in [-0.15, -0.1) is 0 Å². The highest BCUT2D eigenvalue weighted by atomic mass is 14.7. The lowest BCUT2D eigenvalue weighted by atomic mass is 10.2. The van der Waals surface area contributed by atoms with Crippen LogP contribution in [0.4, 0.5) is 0 Å². The first kappa shape index (κ1) is 3.35. The predicted molar refractivity (Wildman–Crippen MR) is 47.5 cm³/mol. The maximum absolute atomic E-state index is 7.69. The summed E-state index contributed by atoms with van der Waals surface area (Å²) in [4.78, 5) is 7.68. The number of hydrogen-bond donors (Lipinski definition) is 0. The van der Waals surface area contributed by atoms with Crippen LogP contribution in [0.1, 0.15) is 6.85 Å². The third-order valence-corrected chi connectivity index (χ3v) is 1.30. The molecule has 0 aliphatic rings. The van der Waals surface area contributed by atoms with Crippen molar-refractivity contribution in [1.29, 1.82) is 0 Å². The van der Waals surface area contributed by atoms with Crippen molar-refractivity contribution in [2.24, 2.45) is 0 Å². The second-order valence-electron chi connectivity index (χ2n) is 2.08. The molecule has 0 unspecified atom stereocenters. The Morgan fingerprint density at radius 1 is 1.00 bits per heavy atom. The highest BCUT2D eigenvalue weighted by molar-refractivity contribution is 5.52. The van der Waals surface area contributed by atoms with E-state index in [1.165, 1.54) is 12.3 Å². The second kappa shape index (κ2) is 3.13. The molecule has 0 saturated heterocycles. The van der Waals surface area contributed by atoms with Gasteiger partial charge in [0.05, 0.1) is 18.2 Å². The van der Waals surface area contributed by atoms with Crippen molar-refractivity contribution >= 4 is 0 Å². The number of nitrogens with zero attached hydrogens (tertiary/aromatic N) is 2. The number of hydrogen-bond acceptors (Lipinski definition) is 2. The Kier molecular flexibility index (Phi) is 0.875. The highest BCUT2D eigenvalue weighted by Crippen LogP contribution is 2.10. The van der Waals surface area contributed by atoms with E-state index in [0.29, 0.717) is 0 Å². The van der Waals surface area contributed by atoms with Crippen molar-refractivity contribution in [1.82, 2.24) is 9.97 Å². The van der Waals surface area contributed by atoms with Crippen LogP contribution >= 0.6 is 0 Å². The van der Waals surface area contributed by atoms with Gasteiger partial charge in [-0.1, -0.05) is 12.1 Å². The van der Waals surface area contributed by atoms with E-state index < -0.39 is 0 Å². The van der Waals surface area contributed by atoms with Crippen molar-refractivity contribution in [3.8, 4) is 11.4 Å². The Bertz CT molecular complexity index is 585. The number of rotatable bonds is 1. The molecule has 2 rings (SSSR count). The molecule has 0 N–H and O–H groups in total. The molecule has 2 aromatic heterocycles. The summed E-state index contributed by atoms with van der Waals surface area (Å²) in [5.74, 6) is 0. The second-order valence-corrected chi connectivity index (χ2v) is 2.08. The molecule has 0 spiro atoms. The van der Waals surface area contributed by atoms with Gasteiger partial charge in [0.25, 0.3) is 0 Å². The molecule has 0 radical (unpaired) electrons. The van der Waals surface area contributed by atoms with E-state index in [1.54, 1.807) is 6.07 Å². The van der Waals surface area contributed by atoms with Crippen LogP contribution in [0, 0.1) is 0 Å². The van der Waals surface area contributed by atoms with Crippen molar-refractivity contribution in [3.63, 3.8) is 0 Å². The summed E-state index contributed by atoms with van der Waals surface area (Å²) >= 11 is 0. The van der Waals surface area contributed by atoms with Crippen LogP contribution in [-0.2, 0) is 0 Å². The minimum Gasteiger partial charge on any atom is -0.255 e. The van der Waals surface area contributed by atoms with Gasteiger partial charge in [-0.05, 0) is 24.2 Å². The number of aromatic nitrogens is 2. The molecule has 0 saturated carbocycles. The minimum atomic E-state index is -0.388. The molecule has 2 nitrogen and oxygen atoms in total. The van der Waals surface area contributed by atoms with Gasteiger partial charge in [-0.3, -0.25) is 9.97 Å². The van der Waals surface area contributed by atoms with Crippen molar-refractivity contribution in [2.45, 2.75) is 0 Å². The largest absolute Gasteiger partial charge is 0.255 e.